The second kappa shape index (κ2) is 7.39. The minimum Gasteiger partial charge on any atom is -0.369 e. The van der Waals surface area contributed by atoms with E-state index in [-0.39, 0.29) is 0 Å². The number of rotatable bonds is 3. The quantitative estimate of drug-likeness (QED) is 0.646. The summed E-state index contributed by atoms with van der Waals surface area (Å²) >= 11 is 6.72. The maximum atomic E-state index is 13.0. The van der Waals surface area contributed by atoms with Crippen LogP contribution in [0, 0.1) is 13.8 Å². The van der Waals surface area contributed by atoms with Crippen LogP contribution in [0.1, 0.15) is 11.1 Å². The third-order valence-electron chi connectivity index (χ3n) is 4.67. The number of piperazine rings is 1. The molecule has 134 valence electrons. The van der Waals surface area contributed by atoms with E-state index in [0.717, 1.165) is 4.47 Å². The lowest BCUT2D eigenvalue weighted by atomic mass is 10.1. The molecule has 1 heterocycles. The molecular weight excluding hydrogens is 468 g/mol. The fraction of sp³-hybridized carbons (Fsp3) is 0.333. The molecule has 1 fully saturated rings. The van der Waals surface area contributed by atoms with Crippen molar-refractivity contribution in [1.82, 2.24) is 4.31 Å². The maximum Gasteiger partial charge on any atom is 0.244 e. The van der Waals surface area contributed by atoms with Gasteiger partial charge in [-0.3, -0.25) is 0 Å². The van der Waals surface area contributed by atoms with E-state index >= 15 is 0 Å². The summed E-state index contributed by atoms with van der Waals surface area (Å²) in [5, 5.41) is 0. The van der Waals surface area contributed by atoms with Crippen LogP contribution in [0.25, 0.3) is 0 Å². The standard InChI is InChI=1S/C18H20Br2N2O2S/c1-13-4-3-5-17(14(13)2)21-8-10-22(11-9-21)25(23,24)18-12-15(19)6-7-16(18)20/h3-7,12H,8-11H2,1-2H3. The van der Waals surface area contributed by atoms with Crippen LogP contribution < -0.4 is 4.90 Å². The minimum atomic E-state index is -3.51. The third kappa shape index (κ3) is 3.79. The highest BCUT2D eigenvalue weighted by atomic mass is 79.9. The molecule has 0 spiro atoms. The topological polar surface area (TPSA) is 40.6 Å². The van der Waals surface area contributed by atoms with Crippen molar-refractivity contribution in [2.75, 3.05) is 31.1 Å². The van der Waals surface area contributed by atoms with Gasteiger partial charge in [0.15, 0.2) is 0 Å². The zero-order valence-corrected chi connectivity index (χ0v) is 18.2. The monoisotopic (exact) mass is 486 g/mol. The first-order valence-corrected chi connectivity index (χ1v) is 11.1. The van der Waals surface area contributed by atoms with Crippen LogP contribution in [0.3, 0.4) is 0 Å². The Bertz CT molecular complexity index is 892. The summed E-state index contributed by atoms with van der Waals surface area (Å²) in [5.41, 5.74) is 3.71. The van der Waals surface area contributed by atoms with Crippen LogP contribution in [0.5, 0.6) is 0 Å². The summed E-state index contributed by atoms with van der Waals surface area (Å²) in [6.07, 6.45) is 0. The largest absolute Gasteiger partial charge is 0.369 e. The molecule has 0 unspecified atom stereocenters. The molecule has 0 aliphatic carbocycles. The number of halogens is 2. The average Bonchev–Trinajstić information content (AvgIpc) is 2.59. The number of aryl methyl sites for hydroxylation is 1. The number of hydrogen-bond acceptors (Lipinski definition) is 3. The van der Waals surface area contributed by atoms with Gasteiger partial charge in [-0.25, -0.2) is 8.42 Å². The summed E-state index contributed by atoms with van der Waals surface area (Å²) in [4.78, 5) is 2.58. The van der Waals surface area contributed by atoms with Crippen LogP contribution in [-0.2, 0) is 10.0 Å². The molecular formula is C18H20Br2N2O2S. The average molecular weight is 488 g/mol. The number of nitrogens with zero attached hydrogens (tertiary/aromatic N) is 2. The van der Waals surface area contributed by atoms with Crippen LogP contribution >= 0.6 is 31.9 Å². The Morgan fingerprint density at radius 3 is 2.32 bits per heavy atom. The van der Waals surface area contributed by atoms with E-state index in [1.807, 2.05) is 6.07 Å². The molecule has 7 heteroatoms. The lowest BCUT2D eigenvalue weighted by Gasteiger charge is -2.36. The van der Waals surface area contributed by atoms with Crippen molar-refractivity contribution in [3.05, 3.63) is 56.5 Å². The molecule has 0 amide bonds. The number of hydrogen-bond donors (Lipinski definition) is 0. The van der Waals surface area contributed by atoms with Gasteiger partial charge in [-0.2, -0.15) is 4.31 Å². The van der Waals surface area contributed by atoms with Gasteiger partial charge < -0.3 is 4.90 Å². The Balaban J connectivity index is 1.80. The molecule has 3 rings (SSSR count). The van der Waals surface area contributed by atoms with Gasteiger partial charge in [0.2, 0.25) is 10.0 Å². The zero-order chi connectivity index (χ0) is 18.2. The molecule has 1 saturated heterocycles. The smallest absolute Gasteiger partial charge is 0.244 e. The molecule has 0 radical (unpaired) electrons. The summed E-state index contributed by atoms with van der Waals surface area (Å²) in [7, 11) is -3.51. The second-order valence-corrected chi connectivity index (χ2v) is 9.86. The Labute approximate surface area is 166 Å². The Morgan fingerprint density at radius 2 is 1.64 bits per heavy atom. The van der Waals surface area contributed by atoms with E-state index in [2.05, 4.69) is 68.8 Å². The Kier molecular flexibility index (Phi) is 5.58. The van der Waals surface area contributed by atoms with Gasteiger partial charge in [0.05, 0.1) is 4.90 Å². The third-order valence-corrected chi connectivity index (χ3v) is 8.05. The van der Waals surface area contributed by atoms with Gasteiger partial charge >= 0.3 is 0 Å². The highest BCUT2D eigenvalue weighted by Crippen LogP contribution is 2.30. The molecule has 1 aliphatic heterocycles. The second-order valence-electron chi connectivity index (χ2n) is 6.18. The molecule has 0 aromatic heterocycles. The molecule has 0 bridgehead atoms. The van der Waals surface area contributed by atoms with Crippen molar-refractivity contribution in [2.24, 2.45) is 0 Å². The summed E-state index contributed by atoms with van der Waals surface area (Å²) in [6.45, 7) is 6.56. The minimum absolute atomic E-state index is 0.307. The first kappa shape index (κ1) is 18.9. The van der Waals surface area contributed by atoms with Gasteiger partial charge in [-0.1, -0.05) is 28.1 Å². The molecule has 25 heavy (non-hydrogen) atoms. The molecule has 0 atom stereocenters. The van der Waals surface area contributed by atoms with Crippen molar-refractivity contribution in [3.8, 4) is 0 Å². The van der Waals surface area contributed by atoms with E-state index in [1.54, 1.807) is 16.4 Å². The highest BCUT2D eigenvalue weighted by Gasteiger charge is 2.30. The lowest BCUT2D eigenvalue weighted by molar-refractivity contribution is 0.384. The molecule has 2 aromatic rings. The van der Waals surface area contributed by atoms with Crippen molar-refractivity contribution >= 4 is 47.6 Å². The maximum absolute atomic E-state index is 13.0. The fourth-order valence-electron chi connectivity index (χ4n) is 3.06. The van der Waals surface area contributed by atoms with E-state index in [9.17, 15) is 8.42 Å². The number of sulfonamides is 1. The number of anilines is 1. The molecule has 1 aliphatic rings. The Morgan fingerprint density at radius 1 is 0.960 bits per heavy atom. The van der Waals surface area contributed by atoms with Crippen LogP contribution in [0.2, 0.25) is 0 Å². The van der Waals surface area contributed by atoms with E-state index in [0.29, 0.717) is 35.5 Å². The normalized spacial score (nSPS) is 16.2. The lowest BCUT2D eigenvalue weighted by Crippen LogP contribution is -2.49. The van der Waals surface area contributed by atoms with Crippen molar-refractivity contribution < 1.29 is 8.42 Å². The molecule has 4 nitrogen and oxygen atoms in total. The van der Waals surface area contributed by atoms with Crippen LogP contribution in [0.4, 0.5) is 5.69 Å². The van der Waals surface area contributed by atoms with Crippen LogP contribution in [-0.4, -0.2) is 38.9 Å². The predicted molar refractivity (Wildman–Crippen MR) is 109 cm³/mol. The van der Waals surface area contributed by atoms with Gasteiger partial charge in [0.25, 0.3) is 0 Å². The van der Waals surface area contributed by atoms with Crippen molar-refractivity contribution in [2.45, 2.75) is 18.7 Å². The van der Waals surface area contributed by atoms with E-state index < -0.39 is 10.0 Å². The van der Waals surface area contributed by atoms with E-state index in [4.69, 9.17) is 0 Å². The van der Waals surface area contributed by atoms with Gasteiger partial charge in [0, 0.05) is 40.8 Å². The zero-order valence-electron chi connectivity index (χ0n) is 14.2. The SMILES string of the molecule is Cc1cccc(N2CCN(S(=O)(=O)c3cc(Br)ccc3Br)CC2)c1C. The molecule has 0 N–H and O–H groups in total. The summed E-state index contributed by atoms with van der Waals surface area (Å²) in [5.74, 6) is 0. The van der Waals surface area contributed by atoms with Crippen molar-refractivity contribution in [1.29, 1.82) is 0 Å². The van der Waals surface area contributed by atoms with Gasteiger partial charge in [-0.05, 0) is 65.2 Å². The highest BCUT2D eigenvalue weighted by molar-refractivity contribution is 9.11. The number of benzene rings is 2. The molecule has 2 aromatic carbocycles. The van der Waals surface area contributed by atoms with Crippen molar-refractivity contribution in [3.63, 3.8) is 0 Å². The van der Waals surface area contributed by atoms with Gasteiger partial charge in [-0.15, -0.1) is 0 Å². The summed E-state index contributed by atoms with van der Waals surface area (Å²) in [6, 6.07) is 11.5. The van der Waals surface area contributed by atoms with E-state index in [1.165, 1.54) is 16.8 Å². The van der Waals surface area contributed by atoms with Gasteiger partial charge in [0.1, 0.15) is 0 Å². The fourth-order valence-corrected chi connectivity index (χ4v) is 5.95. The Hall–Kier alpha value is -0.890. The predicted octanol–water partition coefficient (Wildman–Crippen LogP) is 4.34. The van der Waals surface area contributed by atoms with Crippen LogP contribution in [0.15, 0.2) is 50.2 Å². The summed E-state index contributed by atoms with van der Waals surface area (Å²) < 4.78 is 28.9. The first-order chi connectivity index (χ1) is 11.8. The first-order valence-electron chi connectivity index (χ1n) is 8.07. The molecule has 0 saturated carbocycles.